The number of hydrogen-bond acceptors (Lipinski definition) is 0. The van der Waals surface area contributed by atoms with Crippen LogP contribution in [0.1, 0.15) is 105 Å². The van der Waals surface area contributed by atoms with Crippen molar-refractivity contribution in [2.45, 2.75) is 105 Å². The fourth-order valence-corrected chi connectivity index (χ4v) is 9.71. The SMILES string of the molecule is CC(C)(C)c1ccc2c(c1)c1cc(C(C)(C)C)ccc1n2-c1ccc(-n2c3ccc(C(C)(C)C)cc3c3cc(C(C)(C)C)ccc32)c2c1c1ccccc1n2-c1ccccc1. The summed E-state index contributed by atoms with van der Waals surface area (Å²) in [5.41, 5.74) is 16.2. The van der Waals surface area contributed by atoms with Gasteiger partial charge >= 0.3 is 0 Å². The Morgan fingerprint density at radius 3 is 1.05 bits per heavy atom. The van der Waals surface area contributed by atoms with Crippen LogP contribution in [0.5, 0.6) is 0 Å². The van der Waals surface area contributed by atoms with Gasteiger partial charge in [0.15, 0.2) is 0 Å². The molecule has 0 aliphatic carbocycles. The van der Waals surface area contributed by atoms with Crippen molar-refractivity contribution in [1.82, 2.24) is 13.7 Å². The van der Waals surface area contributed by atoms with Gasteiger partial charge in [-0.05, 0) is 123 Å². The molecule has 0 aliphatic heterocycles. The van der Waals surface area contributed by atoms with Gasteiger partial charge in [-0.2, -0.15) is 0 Å². The van der Waals surface area contributed by atoms with Crippen molar-refractivity contribution in [2.75, 3.05) is 0 Å². The third-order valence-corrected chi connectivity index (χ3v) is 13.3. The van der Waals surface area contributed by atoms with Gasteiger partial charge in [-0.3, -0.25) is 0 Å². The molecule has 3 aromatic heterocycles. The number of hydrogen-bond donors (Lipinski definition) is 0. The normalized spacial score (nSPS) is 13.2. The molecule has 0 aliphatic rings. The third kappa shape index (κ3) is 6.14. The van der Waals surface area contributed by atoms with E-state index in [-0.39, 0.29) is 21.7 Å². The summed E-state index contributed by atoms with van der Waals surface area (Å²) in [4.78, 5) is 0. The summed E-state index contributed by atoms with van der Waals surface area (Å²) in [5, 5.41) is 7.65. The largest absolute Gasteiger partial charge is 0.309 e. The zero-order chi connectivity index (χ0) is 43.0. The Balaban J connectivity index is 1.40. The first-order valence-electron chi connectivity index (χ1n) is 22.1. The molecule has 3 heteroatoms. The van der Waals surface area contributed by atoms with E-state index >= 15 is 0 Å². The standard InChI is InChI=1S/C58H59N3/c1-55(2,3)36-22-26-47-42(32-36)43-33-37(56(4,5)6)23-27-48(43)60(47)51-30-31-52(54-53(51)41-20-16-17-21-46(41)59(54)40-18-14-13-15-19-40)61-49-28-24-38(57(7,8)9)34-44(49)45-35-39(58(10,11)12)25-29-50(45)61/h13-35H,1-12H3. The van der Waals surface area contributed by atoms with Crippen molar-refractivity contribution < 1.29 is 0 Å². The lowest BCUT2D eigenvalue weighted by molar-refractivity contribution is 0.590. The zero-order valence-corrected chi connectivity index (χ0v) is 38.1. The Morgan fingerprint density at radius 2 is 0.639 bits per heavy atom. The maximum atomic E-state index is 2.55. The van der Waals surface area contributed by atoms with E-state index in [1.54, 1.807) is 0 Å². The van der Waals surface area contributed by atoms with Crippen LogP contribution in [0, 0.1) is 0 Å². The molecule has 10 rings (SSSR count). The van der Waals surface area contributed by atoms with E-state index in [2.05, 4.69) is 236 Å². The molecule has 0 unspecified atom stereocenters. The van der Waals surface area contributed by atoms with Gasteiger partial charge in [-0.25, -0.2) is 0 Å². The molecule has 306 valence electrons. The first-order valence-corrected chi connectivity index (χ1v) is 22.1. The number of rotatable bonds is 3. The van der Waals surface area contributed by atoms with E-state index in [1.165, 1.54) is 93.4 Å². The van der Waals surface area contributed by atoms with E-state index in [4.69, 9.17) is 0 Å². The first-order chi connectivity index (χ1) is 28.8. The Bertz CT molecular complexity index is 3230. The summed E-state index contributed by atoms with van der Waals surface area (Å²) in [7, 11) is 0. The lowest BCUT2D eigenvalue weighted by Crippen LogP contribution is -2.10. The van der Waals surface area contributed by atoms with Crippen LogP contribution in [0.25, 0.3) is 82.5 Å². The van der Waals surface area contributed by atoms with Gasteiger partial charge in [0, 0.05) is 38.0 Å². The van der Waals surface area contributed by atoms with Crippen molar-refractivity contribution in [3.8, 4) is 17.1 Å². The highest BCUT2D eigenvalue weighted by atomic mass is 15.1. The van der Waals surface area contributed by atoms with Crippen LogP contribution in [0.15, 0.2) is 140 Å². The van der Waals surface area contributed by atoms with Gasteiger partial charge in [0.2, 0.25) is 0 Å². The first kappa shape index (κ1) is 39.1. The summed E-state index contributed by atoms with van der Waals surface area (Å²) in [6.45, 7) is 27.8. The molecule has 3 nitrogen and oxygen atoms in total. The van der Waals surface area contributed by atoms with Crippen molar-refractivity contribution >= 4 is 65.4 Å². The van der Waals surface area contributed by atoms with Crippen molar-refractivity contribution in [2.24, 2.45) is 0 Å². The maximum absolute atomic E-state index is 2.55. The van der Waals surface area contributed by atoms with Crippen LogP contribution in [0.4, 0.5) is 0 Å². The second-order valence-electron chi connectivity index (χ2n) is 21.6. The number of benzene rings is 7. The van der Waals surface area contributed by atoms with Crippen LogP contribution >= 0.6 is 0 Å². The average molecular weight is 798 g/mol. The number of aromatic nitrogens is 3. The van der Waals surface area contributed by atoms with Gasteiger partial charge in [0.05, 0.1) is 44.5 Å². The van der Waals surface area contributed by atoms with Gasteiger partial charge in [0.25, 0.3) is 0 Å². The molecular formula is C58H59N3. The highest BCUT2D eigenvalue weighted by Crippen LogP contribution is 2.46. The summed E-state index contributed by atoms with van der Waals surface area (Å²) in [5.74, 6) is 0. The molecule has 0 N–H and O–H groups in total. The molecule has 3 heterocycles. The fourth-order valence-electron chi connectivity index (χ4n) is 9.71. The molecule has 0 atom stereocenters. The molecule has 7 aromatic carbocycles. The molecule has 0 saturated heterocycles. The van der Waals surface area contributed by atoms with E-state index in [0.717, 1.165) is 11.4 Å². The summed E-state index contributed by atoms with van der Waals surface area (Å²) in [6.07, 6.45) is 0. The highest BCUT2D eigenvalue weighted by Gasteiger charge is 2.27. The Hall–Kier alpha value is -6.06. The van der Waals surface area contributed by atoms with Gasteiger partial charge in [-0.15, -0.1) is 0 Å². The van der Waals surface area contributed by atoms with Crippen LogP contribution in [0.3, 0.4) is 0 Å². The maximum Gasteiger partial charge on any atom is 0.0803 e. The number of para-hydroxylation sites is 2. The van der Waals surface area contributed by atoms with Crippen molar-refractivity contribution in [3.63, 3.8) is 0 Å². The van der Waals surface area contributed by atoms with E-state index in [1.807, 2.05) is 0 Å². The monoisotopic (exact) mass is 797 g/mol. The number of nitrogens with zero attached hydrogens (tertiary/aromatic N) is 3. The number of fused-ring (bicyclic) bond motifs is 9. The molecular weight excluding hydrogens is 739 g/mol. The third-order valence-electron chi connectivity index (χ3n) is 13.3. The molecule has 0 fully saturated rings. The van der Waals surface area contributed by atoms with E-state index in [9.17, 15) is 0 Å². The predicted octanol–water partition coefficient (Wildman–Crippen LogP) is 16.2. The lowest BCUT2D eigenvalue weighted by Gasteiger charge is -2.20. The quantitative estimate of drug-likeness (QED) is 0.169. The Kier molecular flexibility index (Phi) is 8.47. The minimum absolute atomic E-state index is 0.0164. The zero-order valence-electron chi connectivity index (χ0n) is 38.1. The second kappa shape index (κ2) is 13.2. The summed E-state index contributed by atoms with van der Waals surface area (Å²) >= 11 is 0. The van der Waals surface area contributed by atoms with Crippen LogP contribution in [-0.2, 0) is 21.7 Å². The molecule has 61 heavy (non-hydrogen) atoms. The smallest absolute Gasteiger partial charge is 0.0803 e. The average Bonchev–Trinajstić information content (AvgIpc) is 3.85. The predicted molar refractivity (Wildman–Crippen MR) is 264 cm³/mol. The van der Waals surface area contributed by atoms with E-state index in [0.29, 0.717) is 0 Å². The second-order valence-corrected chi connectivity index (χ2v) is 21.6. The van der Waals surface area contributed by atoms with Crippen LogP contribution < -0.4 is 0 Å². The molecule has 0 spiro atoms. The minimum atomic E-state index is 0.0164. The Morgan fingerprint density at radius 1 is 0.295 bits per heavy atom. The molecule has 10 aromatic rings. The highest BCUT2D eigenvalue weighted by molar-refractivity contribution is 6.20. The fraction of sp³-hybridized carbons (Fsp3) is 0.276. The molecule has 0 saturated carbocycles. The van der Waals surface area contributed by atoms with Crippen LogP contribution in [-0.4, -0.2) is 13.7 Å². The summed E-state index contributed by atoms with van der Waals surface area (Å²) < 4.78 is 7.61. The van der Waals surface area contributed by atoms with Crippen molar-refractivity contribution in [1.29, 1.82) is 0 Å². The Labute approximate surface area is 361 Å². The van der Waals surface area contributed by atoms with Gasteiger partial charge in [0.1, 0.15) is 0 Å². The van der Waals surface area contributed by atoms with Gasteiger partial charge in [-0.1, -0.05) is 144 Å². The molecule has 0 bridgehead atoms. The minimum Gasteiger partial charge on any atom is -0.309 e. The van der Waals surface area contributed by atoms with Crippen molar-refractivity contribution in [3.05, 3.63) is 162 Å². The summed E-state index contributed by atoms with van der Waals surface area (Å²) in [6, 6.07) is 53.4. The topological polar surface area (TPSA) is 14.8 Å². The van der Waals surface area contributed by atoms with Gasteiger partial charge < -0.3 is 13.7 Å². The molecule has 0 radical (unpaired) electrons. The lowest BCUT2D eigenvalue weighted by atomic mass is 9.85. The van der Waals surface area contributed by atoms with E-state index < -0.39 is 0 Å². The molecule has 0 amide bonds. The van der Waals surface area contributed by atoms with Crippen LogP contribution in [0.2, 0.25) is 0 Å².